The zero-order chi connectivity index (χ0) is 32.6. The molecule has 0 spiro atoms. The third-order valence-corrected chi connectivity index (χ3v) is 8.01. The van der Waals surface area contributed by atoms with Crippen LogP contribution in [-0.4, -0.2) is 10.3 Å². The summed E-state index contributed by atoms with van der Waals surface area (Å²) >= 11 is 0. The Bertz CT molecular complexity index is 1700. The van der Waals surface area contributed by atoms with E-state index in [1.54, 1.807) is 0 Å². The van der Waals surface area contributed by atoms with Crippen LogP contribution in [0.15, 0.2) is 118 Å². The van der Waals surface area contributed by atoms with Crippen molar-refractivity contribution in [3.05, 3.63) is 143 Å². The lowest BCUT2D eigenvalue weighted by molar-refractivity contribution is 0.0727. The molecule has 0 aliphatic rings. The first-order valence-corrected chi connectivity index (χ1v) is 16.0. The molecule has 0 amide bonds. The van der Waals surface area contributed by atoms with Crippen molar-refractivity contribution in [2.75, 3.05) is 0 Å². The maximum atomic E-state index is 5.97. The van der Waals surface area contributed by atoms with Crippen LogP contribution in [0.25, 0.3) is 22.5 Å². The van der Waals surface area contributed by atoms with Gasteiger partial charge < -0.3 is 23.3 Å². The van der Waals surface area contributed by atoms with Crippen molar-refractivity contribution >= 4 is 0 Å². The Hall–Kier alpha value is -5.14. The summed E-state index contributed by atoms with van der Waals surface area (Å²) < 4.78 is 28.8. The Kier molecular flexibility index (Phi) is 10.1. The molecular formula is C40H40N2O5. The van der Waals surface area contributed by atoms with Gasteiger partial charge in [-0.3, -0.25) is 0 Å². The zero-order valence-electron chi connectivity index (χ0n) is 27.3. The predicted molar refractivity (Wildman–Crippen MR) is 182 cm³/mol. The molecule has 47 heavy (non-hydrogen) atoms. The van der Waals surface area contributed by atoms with Crippen LogP contribution in [0, 0.1) is 0 Å². The van der Waals surface area contributed by atoms with Crippen molar-refractivity contribution < 1.29 is 23.3 Å². The molecule has 0 fully saturated rings. The Morgan fingerprint density at radius 1 is 0.489 bits per heavy atom. The molecule has 0 aliphatic heterocycles. The number of aromatic nitrogens is 2. The molecular weight excluding hydrogens is 588 g/mol. The molecule has 0 saturated heterocycles. The highest BCUT2D eigenvalue weighted by atomic mass is 16.5. The van der Waals surface area contributed by atoms with Gasteiger partial charge in [0.1, 0.15) is 49.3 Å². The zero-order valence-corrected chi connectivity index (χ0v) is 27.3. The Morgan fingerprint density at radius 3 is 1.23 bits per heavy atom. The number of ether oxygens (including phenoxy) is 3. The number of rotatable bonds is 14. The topological polar surface area (TPSA) is 79.8 Å². The second-order valence-corrected chi connectivity index (χ2v) is 12.3. The fraction of sp³-hybridized carbons (Fsp3) is 0.250. The maximum Gasteiger partial charge on any atom is 0.163 e. The summed E-state index contributed by atoms with van der Waals surface area (Å²) in [5.41, 5.74) is 8.27. The number of benzene rings is 4. The van der Waals surface area contributed by atoms with Gasteiger partial charge in [0.2, 0.25) is 0 Å². The quantitative estimate of drug-likeness (QED) is 0.119. The second-order valence-electron chi connectivity index (χ2n) is 12.3. The van der Waals surface area contributed by atoms with E-state index in [0.29, 0.717) is 36.6 Å². The van der Waals surface area contributed by atoms with Crippen LogP contribution in [0.2, 0.25) is 0 Å². The molecule has 7 heteroatoms. The summed E-state index contributed by atoms with van der Waals surface area (Å²) in [4.78, 5) is 0. The molecule has 2 heterocycles. The van der Waals surface area contributed by atoms with Crippen molar-refractivity contribution in [1.29, 1.82) is 0 Å². The van der Waals surface area contributed by atoms with E-state index >= 15 is 0 Å². The first-order valence-electron chi connectivity index (χ1n) is 16.0. The third kappa shape index (κ3) is 8.57. The molecule has 0 saturated carbocycles. The van der Waals surface area contributed by atoms with Gasteiger partial charge in [-0.25, -0.2) is 0 Å². The lowest BCUT2D eigenvalue weighted by Crippen LogP contribution is -1.96. The summed E-state index contributed by atoms with van der Waals surface area (Å²) in [6.07, 6.45) is 0. The van der Waals surface area contributed by atoms with E-state index in [9.17, 15) is 0 Å². The van der Waals surface area contributed by atoms with Gasteiger partial charge in [0.15, 0.2) is 11.5 Å². The van der Waals surface area contributed by atoms with Gasteiger partial charge >= 0.3 is 0 Å². The Morgan fingerprint density at radius 2 is 0.872 bits per heavy atom. The van der Waals surface area contributed by atoms with Crippen molar-refractivity contribution in [3.8, 4) is 34.0 Å². The maximum absolute atomic E-state index is 5.97. The minimum absolute atomic E-state index is 0.256. The van der Waals surface area contributed by atoms with Gasteiger partial charge in [-0.2, -0.15) is 0 Å². The average Bonchev–Trinajstić information content (AvgIpc) is 3.78. The van der Waals surface area contributed by atoms with E-state index in [1.807, 2.05) is 60.7 Å². The Balaban J connectivity index is 0.943. The molecule has 0 aliphatic carbocycles. The molecule has 0 bridgehead atoms. The van der Waals surface area contributed by atoms with E-state index in [1.165, 1.54) is 11.1 Å². The SMILES string of the molecule is CC(C)c1ccc(COc2ccc(-c3cc(COCc4cc(-c5ccc(OCc6ccc(C(C)C)cc6)cc5)no4)on3)cc2)cc1. The van der Waals surface area contributed by atoms with E-state index in [4.69, 9.17) is 23.3 Å². The van der Waals surface area contributed by atoms with E-state index in [-0.39, 0.29) is 13.2 Å². The van der Waals surface area contributed by atoms with Gasteiger partial charge in [-0.15, -0.1) is 0 Å². The first-order chi connectivity index (χ1) is 22.9. The molecule has 2 aromatic heterocycles. The van der Waals surface area contributed by atoms with Crippen LogP contribution in [0.5, 0.6) is 11.5 Å². The van der Waals surface area contributed by atoms with Crippen molar-refractivity contribution in [2.45, 2.75) is 66.0 Å². The fourth-order valence-corrected chi connectivity index (χ4v) is 5.06. The number of hydrogen-bond acceptors (Lipinski definition) is 7. The summed E-state index contributed by atoms with van der Waals surface area (Å²) in [5, 5.41) is 8.41. The van der Waals surface area contributed by atoms with E-state index in [0.717, 1.165) is 45.1 Å². The minimum atomic E-state index is 0.256. The normalized spacial score (nSPS) is 11.4. The minimum Gasteiger partial charge on any atom is -0.489 e. The molecule has 0 N–H and O–H groups in total. The van der Waals surface area contributed by atoms with Gasteiger partial charge in [0.05, 0.1) is 0 Å². The highest BCUT2D eigenvalue weighted by molar-refractivity contribution is 5.60. The molecule has 7 nitrogen and oxygen atoms in total. The molecule has 0 radical (unpaired) electrons. The van der Waals surface area contributed by atoms with Gasteiger partial charge in [0.25, 0.3) is 0 Å². The van der Waals surface area contributed by atoms with Crippen LogP contribution in [-0.2, 0) is 31.2 Å². The van der Waals surface area contributed by atoms with E-state index in [2.05, 4.69) is 86.5 Å². The summed E-state index contributed by atoms with van der Waals surface area (Å²) in [7, 11) is 0. The second kappa shape index (κ2) is 15.0. The molecule has 6 aromatic rings. The average molecular weight is 629 g/mol. The number of hydrogen-bond donors (Lipinski definition) is 0. The summed E-state index contributed by atoms with van der Waals surface area (Å²) in [6.45, 7) is 10.3. The van der Waals surface area contributed by atoms with Crippen molar-refractivity contribution in [1.82, 2.24) is 10.3 Å². The highest BCUT2D eigenvalue weighted by Gasteiger charge is 2.11. The van der Waals surface area contributed by atoms with Gasteiger partial charge in [0, 0.05) is 23.3 Å². The van der Waals surface area contributed by atoms with Crippen molar-refractivity contribution in [3.63, 3.8) is 0 Å². The summed E-state index contributed by atoms with van der Waals surface area (Å²) in [6, 6.07) is 36.5. The van der Waals surface area contributed by atoms with Crippen molar-refractivity contribution in [2.24, 2.45) is 0 Å². The van der Waals surface area contributed by atoms with Gasteiger partial charge in [-0.05, 0) is 82.6 Å². The van der Waals surface area contributed by atoms with Crippen LogP contribution < -0.4 is 9.47 Å². The predicted octanol–water partition coefficient (Wildman–Crippen LogP) is 10.1. The van der Waals surface area contributed by atoms with Crippen LogP contribution in [0.4, 0.5) is 0 Å². The lowest BCUT2D eigenvalue weighted by atomic mass is 10.0. The monoisotopic (exact) mass is 628 g/mol. The molecule has 6 rings (SSSR count). The lowest BCUT2D eigenvalue weighted by Gasteiger charge is -2.09. The van der Waals surface area contributed by atoms with E-state index < -0.39 is 0 Å². The highest BCUT2D eigenvalue weighted by Crippen LogP contribution is 2.26. The number of nitrogens with zero attached hydrogens (tertiary/aromatic N) is 2. The van der Waals surface area contributed by atoms with Crippen LogP contribution in [0.1, 0.15) is 73.3 Å². The molecule has 0 unspecified atom stereocenters. The van der Waals surface area contributed by atoms with Crippen LogP contribution >= 0.6 is 0 Å². The molecule has 4 aromatic carbocycles. The third-order valence-electron chi connectivity index (χ3n) is 8.01. The molecule has 240 valence electrons. The standard InChI is InChI=1S/C40H40N2O5/c1-27(2)31-9-5-29(6-10-31)23-44-35-17-13-33(14-18-35)39-21-37(46-41-39)25-43-26-38-22-40(42-47-38)34-15-19-36(20-16-34)45-24-30-7-11-32(12-8-30)28(3)4/h5-22,27-28H,23-26H2,1-4H3. The van der Waals surface area contributed by atoms with Crippen LogP contribution in [0.3, 0.4) is 0 Å². The summed E-state index contributed by atoms with van der Waals surface area (Å²) in [5.74, 6) is 3.87. The van der Waals surface area contributed by atoms with Gasteiger partial charge in [-0.1, -0.05) is 86.5 Å². The smallest absolute Gasteiger partial charge is 0.163 e. The fourth-order valence-electron chi connectivity index (χ4n) is 5.06. The first kappa shape index (κ1) is 31.8. The largest absolute Gasteiger partial charge is 0.489 e. The molecule has 0 atom stereocenters. The Labute approximate surface area is 276 Å².